The maximum absolute atomic E-state index is 8.57. The fourth-order valence-electron chi connectivity index (χ4n) is 0. The number of hydrogen-bond acceptors (Lipinski definition) is 6. The second-order valence-electron chi connectivity index (χ2n) is 0.378. The van der Waals surface area contributed by atoms with Crippen LogP contribution in [-0.2, 0) is 17.4 Å². The normalized spacial score (nSPS) is 8.00. The summed E-state index contributed by atoms with van der Waals surface area (Å²) in [5, 5.41) is 0. The van der Waals surface area contributed by atoms with Gasteiger partial charge in [0, 0.05) is 0 Å². The van der Waals surface area contributed by atoms with E-state index < -0.39 is 42.1 Å². The van der Waals surface area contributed by atoms with Gasteiger partial charge in [-0.3, -0.25) is 0 Å². The minimum absolute atomic E-state index is 0. The largest absolute Gasteiger partial charge is 2.00 e. The molecule has 0 amide bonds. The SMILES string of the molecule is [Cr+2].[O-][I+2]([O-])[O-].[O-][I+2]([O-])[O-]. The van der Waals surface area contributed by atoms with E-state index in [1.807, 2.05) is 0 Å². The molecule has 0 aliphatic rings. The van der Waals surface area contributed by atoms with Crippen LogP contribution in [0.4, 0.5) is 0 Å². The van der Waals surface area contributed by atoms with E-state index in [-0.39, 0.29) is 17.4 Å². The molecule has 9 heavy (non-hydrogen) atoms. The van der Waals surface area contributed by atoms with Crippen LogP contribution in [0.25, 0.3) is 0 Å². The summed E-state index contributed by atoms with van der Waals surface area (Å²) in [5.41, 5.74) is 0. The molecule has 0 bridgehead atoms. The summed E-state index contributed by atoms with van der Waals surface area (Å²) in [7, 11) is 0. The molecule has 9 heteroatoms. The van der Waals surface area contributed by atoms with Gasteiger partial charge in [-0.2, -0.15) is 0 Å². The molecular formula is CrI2O6. The predicted molar refractivity (Wildman–Crippen MR) is 0 cm³/mol. The summed E-state index contributed by atoms with van der Waals surface area (Å²) in [6.45, 7) is 0. The van der Waals surface area contributed by atoms with Gasteiger partial charge < -0.3 is 20.6 Å². The summed E-state index contributed by atoms with van der Waals surface area (Å²) >= 11 is -8.03. The molecule has 6 nitrogen and oxygen atoms in total. The van der Waals surface area contributed by atoms with E-state index in [9.17, 15) is 0 Å². The van der Waals surface area contributed by atoms with Crippen LogP contribution in [0.1, 0.15) is 0 Å². The molecule has 0 fully saturated rings. The van der Waals surface area contributed by atoms with Crippen LogP contribution in [-0.4, -0.2) is 0 Å². The minimum Gasteiger partial charge on any atom is -0.427 e. The van der Waals surface area contributed by atoms with Gasteiger partial charge in [0.15, 0.2) is 0 Å². The standard InChI is InChI=1S/Cr.2IO3/c;2*2-1(3)4/q+2;2*-1. The van der Waals surface area contributed by atoms with E-state index in [1.54, 1.807) is 0 Å². The molecule has 56 valence electrons. The fourth-order valence-corrected chi connectivity index (χ4v) is 0. The summed E-state index contributed by atoms with van der Waals surface area (Å²) in [6.07, 6.45) is 0. The molecule has 0 radical (unpaired) electrons. The summed E-state index contributed by atoms with van der Waals surface area (Å²) in [5.74, 6) is 0. The van der Waals surface area contributed by atoms with Crippen molar-refractivity contribution in [3.05, 3.63) is 0 Å². The minimum atomic E-state index is -4.01. The Balaban J connectivity index is -0.0000000720. The third-order valence-corrected chi connectivity index (χ3v) is 0. The molecule has 0 unspecified atom stereocenters. The van der Waals surface area contributed by atoms with Gasteiger partial charge >= 0.3 is 17.4 Å². The first kappa shape index (κ1) is 17.0. The van der Waals surface area contributed by atoms with Crippen molar-refractivity contribution in [3.8, 4) is 0 Å². The molecule has 0 saturated carbocycles. The average molecular weight is 402 g/mol. The molecule has 0 aromatic rings. The van der Waals surface area contributed by atoms with Crippen LogP contribution in [0.15, 0.2) is 0 Å². The third kappa shape index (κ3) is 191. The Hall–Kier alpha value is 1.75. The van der Waals surface area contributed by atoms with Gasteiger partial charge in [-0.1, -0.05) is 0 Å². The Morgan fingerprint density at radius 1 is 0.556 bits per heavy atom. The Kier molecular flexibility index (Phi) is 23.5. The first-order chi connectivity index (χ1) is 3.46. The number of rotatable bonds is 0. The van der Waals surface area contributed by atoms with Crippen molar-refractivity contribution in [1.29, 1.82) is 0 Å². The smallest absolute Gasteiger partial charge is 0.427 e. The van der Waals surface area contributed by atoms with Gasteiger partial charge in [-0.15, -0.1) is 0 Å². The fraction of sp³-hybridized carbons (Fsp3) is 0. The van der Waals surface area contributed by atoms with Crippen molar-refractivity contribution in [2.75, 3.05) is 0 Å². The van der Waals surface area contributed by atoms with E-state index in [2.05, 4.69) is 0 Å². The summed E-state index contributed by atoms with van der Waals surface area (Å²) in [4.78, 5) is 0. The van der Waals surface area contributed by atoms with Gasteiger partial charge in [-0.25, -0.2) is 0 Å². The van der Waals surface area contributed by atoms with Crippen molar-refractivity contribution in [2.45, 2.75) is 0 Å². The van der Waals surface area contributed by atoms with Crippen LogP contribution in [0.5, 0.6) is 0 Å². The van der Waals surface area contributed by atoms with E-state index in [4.69, 9.17) is 20.6 Å². The van der Waals surface area contributed by atoms with Gasteiger partial charge in [0.2, 0.25) is 0 Å². The Bertz CT molecular complexity index is 26.5. The van der Waals surface area contributed by atoms with E-state index in [0.29, 0.717) is 0 Å². The van der Waals surface area contributed by atoms with Crippen LogP contribution in [0.3, 0.4) is 0 Å². The predicted octanol–water partition coefficient (Wildman–Crippen LogP) is -13.1. The van der Waals surface area contributed by atoms with Crippen molar-refractivity contribution in [3.63, 3.8) is 0 Å². The molecule has 0 N–H and O–H groups in total. The van der Waals surface area contributed by atoms with Crippen molar-refractivity contribution in [1.82, 2.24) is 0 Å². The van der Waals surface area contributed by atoms with Crippen molar-refractivity contribution in [2.24, 2.45) is 0 Å². The van der Waals surface area contributed by atoms with E-state index >= 15 is 0 Å². The number of hydrogen-bond donors (Lipinski definition) is 0. The second-order valence-corrected chi connectivity index (χ2v) is 2.54. The average Bonchev–Trinajstić information content (AvgIpc) is 1.25. The Morgan fingerprint density at radius 3 is 0.556 bits per heavy atom. The van der Waals surface area contributed by atoms with Gasteiger partial charge in [0.05, 0.1) is 0 Å². The molecule has 0 spiro atoms. The zero-order chi connectivity index (χ0) is 7.15. The second kappa shape index (κ2) is 12.4. The molecule has 0 atom stereocenters. The third-order valence-electron chi connectivity index (χ3n) is 0. The van der Waals surface area contributed by atoms with Crippen molar-refractivity contribution < 1.29 is 80.1 Å². The molecule has 0 aromatic heterocycles. The zero-order valence-corrected chi connectivity index (χ0v) is 9.20. The molecule has 0 heterocycles. The molecule has 0 aliphatic carbocycles. The maximum atomic E-state index is 8.57. The topological polar surface area (TPSA) is 138 Å². The van der Waals surface area contributed by atoms with Crippen LogP contribution >= 0.6 is 0 Å². The first-order valence-electron chi connectivity index (χ1n) is 0.926. The van der Waals surface area contributed by atoms with Crippen LogP contribution in [0, 0.1) is 0 Å². The van der Waals surface area contributed by atoms with E-state index in [0.717, 1.165) is 0 Å². The monoisotopic (exact) mass is 402 g/mol. The van der Waals surface area contributed by atoms with E-state index in [1.165, 1.54) is 0 Å². The van der Waals surface area contributed by atoms with Crippen LogP contribution in [0.2, 0.25) is 0 Å². The van der Waals surface area contributed by atoms with Crippen molar-refractivity contribution >= 4 is 0 Å². The zero-order valence-electron chi connectivity index (χ0n) is 3.61. The molecular weight excluding hydrogens is 402 g/mol. The first-order valence-corrected chi connectivity index (χ1v) is 6.21. The quantitative estimate of drug-likeness (QED) is 0.369. The molecule has 0 saturated heterocycles. The Labute approximate surface area is 79.3 Å². The van der Waals surface area contributed by atoms with Crippen LogP contribution < -0.4 is 62.7 Å². The number of halogens is 2. The molecule has 0 rings (SSSR count). The molecule has 0 aromatic carbocycles. The van der Waals surface area contributed by atoms with Gasteiger partial charge in [0.1, 0.15) is 0 Å². The van der Waals surface area contributed by atoms with Gasteiger partial charge in [0.25, 0.3) is 42.1 Å². The summed E-state index contributed by atoms with van der Waals surface area (Å²) in [6, 6.07) is 0. The summed E-state index contributed by atoms with van der Waals surface area (Å²) < 4.78 is 51.4. The maximum Gasteiger partial charge on any atom is 2.00 e. The van der Waals surface area contributed by atoms with Gasteiger partial charge in [-0.05, 0) is 0 Å². The molecule has 0 aliphatic heterocycles. The Morgan fingerprint density at radius 2 is 0.556 bits per heavy atom.